The molecule has 0 aliphatic carbocycles. The summed E-state index contributed by atoms with van der Waals surface area (Å²) in [5.41, 5.74) is 0.128. The Balaban J connectivity index is 1.93. The third-order valence-corrected chi connectivity index (χ3v) is 10.4. The van der Waals surface area contributed by atoms with Crippen molar-refractivity contribution in [1.82, 2.24) is 4.98 Å². The van der Waals surface area contributed by atoms with Crippen LogP contribution in [0.3, 0.4) is 0 Å². The molecule has 0 N–H and O–H groups in total. The van der Waals surface area contributed by atoms with E-state index in [9.17, 15) is 0 Å². The molecule has 0 aromatic carbocycles. The second-order valence-corrected chi connectivity index (χ2v) is 14.3. The van der Waals surface area contributed by atoms with Crippen molar-refractivity contribution in [2.45, 2.75) is 77.8 Å². The number of rotatable bonds is 6. The van der Waals surface area contributed by atoms with E-state index < -0.39 is 15.4 Å². The molecular formula is C19H34BNO4Si. The number of aromatic nitrogens is 1. The second kappa shape index (κ2) is 7.26. The summed E-state index contributed by atoms with van der Waals surface area (Å²) < 4.78 is 24.1. The minimum Gasteiger partial charge on any atom is -0.490 e. The lowest BCUT2D eigenvalue weighted by Gasteiger charge is -2.36. The molecule has 1 aromatic heterocycles. The third-order valence-electron chi connectivity index (χ3n) is 5.88. The molecule has 0 saturated carbocycles. The first-order chi connectivity index (χ1) is 11.8. The molecule has 0 spiro atoms. The molecule has 146 valence electrons. The highest BCUT2D eigenvalue weighted by atomic mass is 28.4. The monoisotopic (exact) mass is 379 g/mol. The van der Waals surface area contributed by atoms with E-state index in [-0.39, 0.29) is 16.2 Å². The van der Waals surface area contributed by atoms with Crippen molar-refractivity contribution in [2.24, 2.45) is 0 Å². The van der Waals surface area contributed by atoms with Crippen molar-refractivity contribution in [3.63, 3.8) is 0 Å². The summed E-state index contributed by atoms with van der Waals surface area (Å²) in [7, 11) is -2.17. The van der Waals surface area contributed by atoms with Crippen LogP contribution in [0, 0.1) is 0 Å². The fraction of sp³-hybridized carbons (Fsp3) is 0.737. The van der Waals surface area contributed by atoms with Gasteiger partial charge in [-0.15, -0.1) is 0 Å². The smallest absolute Gasteiger partial charge is 0.490 e. The summed E-state index contributed by atoms with van der Waals surface area (Å²) in [6, 6.07) is 1.93. The number of pyridine rings is 1. The lowest BCUT2D eigenvalue weighted by atomic mass is 9.80. The molecular weight excluding hydrogens is 345 g/mol. The van der Waals surface area contributed by atoms with Crippen molar-refractivity contribution in [1.29, 1.82) is 0 Å². The Labute approximate surface area is 160 Å². The van der Waals surface area contributed by atoms with Crippen molar-refractivity contribution in [3.8, 4) is 5.75 Å². The standard InChI is InChI=1S/C19H34BNO4Si/c1-17(2,3)26(8,9)23-11-10-22-16-12-15(13-21-14-16)20-24-18(4,5)19(6,7)25-20/h12-14H,10-11H2,1-9H3. The van der Waals surface area contributed by atoms with Gasteiger partial charge in [0, 0.05) is 11.7 Å². The predicted octanol–water partition coefficient (Wildman–Crippen LogP) is 3.78. The maximum absolute atomic E-state index is 6.14. The van der Waals surface area contributed by atoms with Crippen LogP contribution in [-0.4, -0.2) is 44.8 Å². The van der Waals surface area contributed by atoms with Crippen molar-refractivity contribution < 1.29 is 18.5 Å². The highest BCUT2D eigenvalue weighted by Gasteiger charge is 2.51. The van der Waals surface area contributed by atoms with Crippen LogP contribution in [0.15, 0.2) is 18.5 Å². The Kier molecular flexibility index (Phi) is 5.98. The van der Waals surface area contributed by atoms with Crippen LogP contribution in [0.4, 0.5) is 0 Å². The van der Waals surface area contributed by atoms with Gasteiger partial charge in [-0.1, -0.05) is 20.8 Å². The Hall–Kier alpha value is -0.888. The van der Waals surface area contributed by atoms with Gasteiger partial charge in [0.25, 0.3) is 0 Å². The van der Waals surface area contributed by atoms with Crippen LogP contribution in [0.1, 0.15) is 48.5 Å². The molecule has 0 amide bonds. The van der Waals surface area contributed by atoms with E-state index in [1.54, 1.807) is 12.4 Å². The van der Waals surface area contributed by atoms with Crippen LogP contribution in [0.25, 0.3) is 0 Å². The molecule has 1 fully saturated rings. The minimum atomic E-state index is -1.74. The Bertz CT molecular complexity index is 612. The fourth-order valence-electron chi connectivity index (χ4n) is 2.30. The van der Waals surface area contributed by atoms with Gasteiger partial charge in [-0.05, 0) is 51.9 Å². The van der Waals surface area contributed by atoms with Crippen molar-refractivity contribution >= 4 is 20.9 Å². The SMILES string of the molecule is CC1(C)OB(c2cncc(OCCO[Si](C)(C)C(C)(C)C)c2)OC1(C)C. The lowest BCUT2D eigenvalue weighted by Crippen LogP contribution is -2.41. The highest BCUT2D eigenvalue weighted by molar-refractivity contribution is 6.74. The number of hydrogen-bond donors (Lipinski definition) is 0. The van der Waals surface area contributed by atoms with Gasteiger partial charge >= 0.3 is 7.12 Å². The lowest BCUT2D eigenvalue weighted by molar-refractivity contribution is 0.00578. The van der Waals surface area contributed by atoms with Crippen LogP contribution < -0.4 is 10.2 Å². The van der Waals surface area contributed by atoms with E-state index in [0.717, 1.165) is 5.46 Å². The second-order valence-electron chi connectivity index (χ2n) is 9.50. The minimum absolute atomic E-state index is 0.200. The zero-order valence-corrected chi connectivity index (χ0v) is 18.8. The van der Waals surface area contributed by atoms with Gasteiger partial charge in [0.15, 0.2) is 8.32 Å². The molecule has 1 aliphatic rings. The number of nitrogens with zero attached hydrogens (tertiary/aromatic N) is 1. The predicted molar refractivity (Wildman–Crippen MR) is 109 cm³/mol. The molecule has 2 heterocycles. The van der Waals surface area contributed by atoms with Crippen LogP contribution >= 0.6 is 0 Å². The summed E-state index contributed by atoms with van der Waals surface area (Å²) in [4.78, 5) is 4.27. The van der Waals surface area contributed by atoms with Crippen LogP contribution in [0.2, 0.25) is 18.1 Å². The average Bonchev–Trinajstić information content (AvgIpc) is 2.71. The first-order valence-corrected chi connectivity index (χ1v) is 12.2. The molecule has 1 saturated heterocycles. The molecule has 0 unspecified atom stereocenters. The van der Waals surface area contributed by atoms with E-state index in [4.69, 9.17) is 18.5 Å². The van der Waals surface area contributed by atoms with E-state index in [2.05, 4.69) is 38.8 Å². The molecule has 7 heteroatoms. The number of ether oxygens (including phenoxy) is 1. The summed E-state index contributed by atoms with van der Waals surface area (Å²) in [6.45, 7) is 20.4. The van der Waals surface area contributed by atoms with Crippen molar-refractivity contribution in [2.75, 3.05) is 13.2 Å². The van der Waals surface area contributed by atoms with E-state index in [0.29, 0.717) is 19.0 Å². The van der Waals surface area contributed by atoms with Gasteiger partial charge < -0.3 is 18.5 Å². The van der Waals surface area contributed by atoms with Gasteiger partial charge in [-0.3, -0.25) is 4.98 Å². The van der Waals surface area contributed by atoms with Gasteiger partial charge in [0.1, 0.15) is 12.4 Å². The molecule has 0 radical (unpaired) electrons. The zero-order valence-electron chi connectivity index (χ0n) is 17.8. The molecule has 1 aromatic rings. The summed E-state index contributed by atoms with van der Waals surface area (Å²) >= 11 is 0. The normalized spacial score (nSPS) is 19.7. The summed E-state index contributed by atoms with van der Waals surface area (Å²) in [5.74, 6) is 0.705. The quantitative estimate of drug-likeness (QED) is 0.556. The maximum Gasteiger partial charge on any atom is 0.496 e. The molecule has 26 heavy (non-hydrogen) atoms. The number of hydrogen-bond acceptors (Lipinski definition) is 5. The average molecular weight is 379 g/mol. The molecule has 2 rings (SSSR count). The summed E-state index contributed by atoms with van der Waals surface area (Å²) in [6.07, 6.45) is 3.47. The molecule has 0 atom stereocenters. The Morgan fingerprint density at radius 2 is 1.62 bits per heavy atom. The Morgan fingerprint density at radius 1 is 1.04 bits per heavy atom. The fourth-order valence-corrected chi connectivity index (χ4v) is 3.32. The zero-order chi connectivity index (χ0) is 19.8. The van der Waals surface area contributed by atoms with E-state index in [1.807, 2.05) is 33.8 Å². The first-order valence-electron chi connectivity index (χ1n) is 9.33. The molecule has 1 aliphatic heterocycles. The van der Waals surface area contributed by atoms with Gasteiger partial charge in [0.2, 0.25) is 0 Å². The largest absolute Gasteiger partial charge is 0.496 e. The first kappa shape index (κ1) is 21.4. The maximum atomic E-state index is 6.14. The van der Waals surface area contributed by atoms with Gasteiger partial charge in [-0.25, -0.2) is 0 Å². The molecule has 0 bridgehead atoms. The molecule has 5 nitrogen and oxygen atoms in total. The van der Waals surface area contributed by atoms with Crippen molar-refractivity contribution in [3.05, 3.63) is 18.5 Å². The van der Waals surface area contributed by atoms with Crippen LogP contribution in [0.5, 0.6) is 5.75 Å². The third kappa shape index (κ3) is 4.69. The van der Waals surface area contributed by atoms with Crippen LogP contribution in [-0.2, 0) is 13.7 Å². The topological polar surface area (TPSA) is 49.8 Å². The van der Waals surface area contributed by atoms with E-state index in [1.165, 1.54) is 0 Å². The summed E-state index contributed by atoms with van der Waals surface area (Å²) in [5, 5.41) is 0.200. The Morgan fingerprint density at radius 3 is 2.15 bits per heavy atom. The highest BCUT2D eigenvalue weighted by Crippen LogP contribution is 2.37. The van der Waals surface area contributed by atoms with Gasteiger partial charge in [-0.2, -0.15) is 0 Å². The van der Waals surface area contributed by atoms with E-state index >= 15 is 0 Å². The van der Waals surface area contributed by atoms with Gasteiger partial charge in [0.05, 0.1) is 24.0 Å².